The summed E-state index contributed by atoms with van der Waals surface area (Å²) in [6.45, 7) is 2.23. The van der Waals surface area contributed by atoms with Crippen LogP contribution < -0.4 is 5.32 Å². The fourth-order valence-corrected chi connectivity index (χ4v) is 1.76. The van der Waals surface area contributed by atoms with Crippen molar-refractivity contribution in [3.8, 4) is 0 Å². The SMILES string of the molecule is CCCCN[C@H]1C(O)O[C@H](CO)[C@@H](O)[C@@H]1O. The molecular weight excluding hydrogens is 214 g/mol. The number of aliphatic hydroxyl groups excluding tert-OH is 4. The maximum absolute atomic E-state index is 9.75. The summed E-state index contributed by atoms with van der Waals surface area (Å²) in [7, 11) is 0. The van der Waals surface area contributed by atoms with Crippen LogP contribution in [0.1, 0.15) is 19.8 Å². The summed E-state index contributed by atoms with van der Waals surface area (Å²) in [6, 6.07) is -0.718. The van der Waals surface area contributed by atoms with Crippen LogP contribution in [0.5, 0.6) is 0 Å². The molecule has 0 aliphatic carbocycles. The summed E-state index contributed by atoms with van der Waals surface area (Å²) in [6.07, 6.45) is -2.57. The number of nitrogens with one attached hydrogen (secondary N) is 1. The first-order valence-corrected chi connectivity index (χ1v) is 5.65. The van der Waals surface area contributed by atoms with Crippen molar-refractivity contribution in [1.82, 2.24) is 5.32 Å². The second kappa shape index (κ2) is 6.48. The second-order valence-corrected chi connectivity index (χ2v) is 4.06. The minimum absolute atomic E-state index is 0.434. The van der Waals surface area contributed by atoms with Crippen LogP contribution in [-0.4, -0.2) is 64.2 Å². The Morgan fingerprint density at radius 1 is 1.19 bits per heavy atom. The molecule has 0 aromatic carbocycles. The van der Waals surface area contributed by atoms with Crippen LogP contribution in [-0.2, 0) is 4.74 Å². The molecule has 6 nitrogen and oxygen atoms in total. The number of aliphatic hydroxyl groups is 4. The fraction of sp³-hybridized carbons (Fsp3) is 1.00. The van der Waals surface area contributed by atoms with E-state index in [0.29, 0.717) is 6.54 Å². The van der Waals surface area contributed by atoms with Gasteiger partial charge in [0.1, 0.15) is 18.3 Å². The van der Waals surface area contributed by atoms with Crippen LogP contribution in [0.25, 0.3) is 0 Å². The van der Waals surface area contributed by atoms with Crippen molar-refractivity contribution in [3.63, 3.8) is 0 Å². The standard InChI is InChI=1S/C10H21NO5/c1-2-3-4-11-7-9(14)8(13)6(5-12)16-10(7)15/h6-15H,2-5H2,1H3/t6-,7-,8-,9-,10?/m1/s1. The third-order valence-corrected chi connectivity index (χ3v) is 2.81. The first-order chi connectivity index (χ1) is 7.61. The molecule has 0 amide bonds. The molecule has 6 heteroatoms. The molecule has 5 atom stereocenters. The van der Waals surface area contributed by atoms with E-state index in [1.54, 1.807) is 0 Å². The molecule has 0 bridgehead atoms. The van der Waals surface area contributed by atoms with Crippen LogP contribution in [0.2, 0.25) is 0 Å². The molecule has 0 aromatic rings. The van der Waals surface area contributed by atoms with Crippen molar-refractivity contribution in [2.24, 2.45) is 0 Å². The Bertz CT molecular complexity index is 204. The van der Waals surface area contributed by atoms with E-state index in [2.05, 4.69) is 5.32 Å². The van der Waals surface area contributed by atoms with Gasteiger partial charge in [-0.1, -0.05) is 13.3 Å². The van der Waals surface area contributed by atoms with Gasteiger partial charge in [0.05, 0.1) is 12.6 Å². The minimum atomic E-state index is -1.22. The maximum Gasteiger partial charge on any atom is 0.173 e. The van der Waals surface area contributed by atoms with Gasteiger partial charge in [-0.3, -0.25) is 0 Å². The number of ether oxygens (including phenoxy) is 1. The van der Waals surface area contributed by atoms with Crippen molar-refractivity contribution in [2.45, 2.75) is 50.4 Å². The van der Waals surface area contributed by atoms with Gasteiger partial charge in [0, 0.05) is 0 Å². The highest BCUT2D eigenvalue weighted by atomic mass is 16.6. The van der Waals surface area contributed by atoms with Gasteiger partial charge in [0.15, 0.2) is 6.29 Å². The van der Waals surface area contributed by atoms with Crippen LogP contribution in [0.15, 0.2) is 0 Å². The third kappa shape index (κ3) is 3.13. The van der Waals surface area contributed by atoms with Crippen molar-refractivity contribution >= 4 is 0 Å². The molecule has 1 aliphatic rings. The van der Waals surface area contributed by atoms with Gasteiger partial charge in [-0.05, 0) is 13.0 Å². The van der Waals surface area contributed by atoms with Crippen molar-refractivity contribution < 1.29 is 25.2 Å². The van der Waals surface area contributed by atoms with Crippen molar-refractivity contribution in [2.75, 3.05) is 13.2 Å². The zero-order valence-electron chi connectivity index (χ0n) is 9.41. The predicted molar refractivity (Wildman–Crippen MR) is 56.7 cm³/mol. The average molecular weight is 235 g/mol. The van der Waals surface area contributed by atoms with Gasteiger partial charge >= 0.3 is 0 Å². The van der Waals surface area contributed by atoms with Gasteiger partial charge < -0.3 is 30.5 Å². The molecule has 0 radical (unpaired) electrons. The van der Waals surface area contributed by atoms with E-state index in [9.17, 15) is 15.3 Å². The zero-order chi connectivity index (χ0) is 12.1. The highest BCUT2D eigenvalue weighted by Gasteiger charge is 2.43. The summed E-state index contributed by atoms with van der Waals surface area (Å²) in [5.41, 5.74) is 0. The highest BCUT2D eigenvalue weighted by Crippen LogP contribution is 2.19. The van der Waals surface area contributed by atoms with E-state index in [1.807, 2.05) is 6.92 Å². The first-order valence-electron chi connectivity index (χ1n) is 5.65. The molecule has 1 unspecified atom stereocenters. The van der Waals surface area contributed by atoms with E-state index in [1.165, 1.54) is 0 Å². The Morgan fingerprint density at radius 3 is 2.44 bits per heavy atom. The number of unbranched alkanes of at least 4 members (excludes halogenated alkanes) is 1. The van der Waals surface area contributed by atoms with E-state index in [4.69, 9.17) is 9.84 Å². The Kier molecular flexibility index (Phi) is 5.60. The molecule has 1 rings (SSSR count). The molecule has 0 spiro atoms. The molecule has 1 heterocycles. The van der Waals surface area contributed by atoms with Gasteiger partial charge in [0.2, 0.25) is 0 Å². The Hall–Kier alpha value is -0.240. The monoisotopic (exact) mass is 235 g/mol. The van der Waals surface area contributed by atoms with E-state index < -0.39 is 37.3 Å². The average Bonchev–Trinajstić information content (AvgIpc) is 2.28. The third-order valence-electron chi connectivity index (χ3n) is 2.81. The molecule has 1 saturated heterocycles. The van der Waals surface area contributed by atoms with Crippen LogP contribution >= 0.6 is 0 Å². The number of hydrogen-bond acceptors (Lipinski definition) is 6. The number of rotatable bonds is 5. The molecular formula is C10H21NO5. The summed E-state index contributed by atoms with van der Waals surface area (Å²) in [5.74, 6) is 0. The lowest BCUT2D eigenvalue weighted by Crippen LogP contribution is -2.63. The Morgan fingerprint density at radius 2 is 1.88 bits per heavy atom. The Labute approximate surface area is 94.9 Å². The molecule has 1 aliphatic heterocycles. The molecule has 96 valence electrons. The predicted octanol–water partition coefficient (Wildman–Crippen LogP) is -1.82. The normalized spacial score (nSPS) is 39.9. The number of hydrogen-bond donors (Lipinski definition) is 5. The largest absolute Gasteiger partial charge is 0.394 e. The molecule has 1 fully saturated rings. The lowest BCUT2D eigenvalue weighted by molar-refractivity contribution is -0.254. The van der Waals surface area contributed by atoms with Crippen molar-refractivity contribution in [3.05, 3.63) is 0 Å². The lowest BCUT2D eigenvalue weighted by Gasteiger charge is -2.40. The summed E-state index contributed by atoms with van der Waals surface area (Å²) < 4.78 is 4.99. The second-order valence-electron chi connectivity index (χ2n) is 4.06. The van der Waals surface area contributed by atoms with E-state index in [0.717, 1.165) is 12.8 Å². The molecule has 0 saturated carbocycles. The summed E-state index contributed by atoms with van der Waals surface area (Å²) in [5, 5.41) is 40.7. The van der Waals surface area contributed by atoms with Crippen LogP contribution in [0.4, 0.5) is 0 Å². The van der Waals surface area contributed by atoms with Gasteiger partial charge in [-0.25, -0.2) is 0 Å². The summed E-state index contributed by atoms with van der Waals surface area (Å²) in [4.78, 5) is 0. The van der Waals surface area contributed by atoms with Crippen LogP contribution in [0.3, 0.4) is 0 Å². The smallest absolute Gasteiger partial charge is 0.173 e. The van der Waals surface area contributed by atoms with Gasteiger partial charge in [-0.2, -0.15) is 0 Å². The highest BCUT2D eigenvalue weighted by molar-refractivity contribution is 4.92. The van der Waals surface area contributed by atoms with E-state index >= 15 is 0 Å². The zero-order valence-corrected chi connectivity index (χ0v) is 9.41. The summed E-state index contributed by atoms with van der Waals surface area (Å²) >= 11 is 0. The Balaban J connectivity index is 2.50. The van der Waals surface area contributed by atoms with E-state index in [-0.39, 0.29) is 0 Å². The van der Waals surface area contributed by atoms with Gasteiger partial charge in [-0.15, -0.1) is 0 Å². The fourth-order valence-electron chi connectivity index (χ4n) is 1.76. The quantitative estimate of drug-likeness (QED) is 0.359. The minimum Gasteiger partial charge on any atom is -0.394 e. The molecule has 5 N–H and O–H groups in total. The molecule has 0 aromatic heterocycles. The van der Waals surface area contributed by atoms with Crippen LogP contribution in [0, 0.1) is 0 Å². The topological polar surface area (TPSA) is 102 Å². The van der Waals surface area contributed by atoms with Crippen molar-refractivity contribution in [1.29, 1.82) is 0 Å². The van der Waals surface area contributed by atoms with Gasteiger partial charge in [0.25, 0.3) is 0 Å². The first kappa shape index (κ1) is 13.8. The lowest BCUT2D eigenvalue weighted by atomic mass is 9.97. The molecule has 16 heavy (non-hydrogen) atoms. The maximum atomic E-state index is 9.75.